The number of aliphatic hydroxyl groups excluding tert-OH is 1. The molecule has 1 amide bonds. The lowest BCUT2D eigenvalue weighted by atomic mass is 10.0. The zero-order valence-electron chi connectivity index (χ0n) is 10.4. The summed E-state index contributed by atoms with van der Waals surface area (Å²) >= 11 is 0. The predicted octanol–water partition coefficient (Wildman–Crippen LogP) is 1.81. The van der Waals surface area contributed by atoms with E-state index in [1.54, 1.807) is 0 Å². The smallest absolute Gasteiger partial charge is 0.251 e. The second kappa shape index (κ2) is 4.49. The number of aliphatic hydroxyl groups is 1. The topological polar surface area (TPSA) is 49.3 Å². The molecule has 0 aliphatic heterocycles. The van der Waals surface area contributed by atoms with Crippen molar-refractivity contribution in [3.8, 4) is 0 Å². The zero-order chi connectivity index (χ0) is 12.5. The number of rotatable bonds is 4. The van der Waals surface area contributed by atoms with Crippen molar-refractivity contribution in [2.45, 2.75) is 26.7 Å². The highest BCUT2D eigenvalue weighted by molar-refractivity contribution is 5.95. The summed E-state index contributed by atoms with van der Waals surface area (Å²) in [5, 5.41) is 12.1. The van der Waals surface area contributed by atoms with Gasteiger partial charge in [0.15, 0.2) is 0 Å². The molecule has 1 aromatic rings. The van der Waals surface area contributed by atoms with Crippen LogP contribution >= 0.6 is 0 Å². The molecule has 1 saturated carbocycles. The molecule has 0 bridgehead atoms. The number of hydrogen-bond acceptors (Lipinski definition) is 2. The zero-order valence-corrected chi connectivity index (χ0v) is 10.4. The molecule has 0 saturated heterocycles. The van der Waals surface area contributed by atoms with Gasteiger partial charge in [-0.3, -0.25) is 4.79 Å². The molecule has 0 spiro atoms. The molecule has 1 fully saturated rings. The normalized spacial score (nSPS) is 16.6. The van der Waals surface area contributed by atoms with Crippen LogP contribution in [0.15, 0.2) is 18.2 Å². The van der Waals surface area contributed by atoms with Crippen LogP contribution in [0.1, 0.15) is 34.3 Å². The maximum atomic E-state index is 12.0. The van der Waals surface area contributed by atoms with E-state index in [-0.39, 0.29) is 17.9 Å². The van der Waals surface area contributed by atoms with E-state index in [9.17, 15) is 9.90 Å². The van der Waals surface area contributed by atoms with Gasteiger partial charge in [-0.15, -0.1) is 0 Å². The van der Waals surface area contributed by atoms with Gasteiger partial charge in [0, 0.05) is 17.5 Å². The molecule has 0 aromatic heterocycles. The van der Waals surface area contributed by atoms with E-state index in [2.05, 4.69) is 5.32 Å². The fourth-order valence-corrected chi connectivity index (χ4v) is 2.00. The Labute approximate surface area is 102 Å². The Morgan fingerprint density at radius 3 is 2.65 bits per heavy atom. The summed E-state index contributed by atoms with van der Waals surface area (Å²) < 4.78 is 0. The van der Waals surface area contributed by atoms with Crippen molar-refractivity contribution >= 4 is 5.91 Å². The van der Waals surface area contributed by atoms with Gasteiger partial charge in [-0.05, 0) is 38.3 Å². The Kier molecular flexibility index (Phi) is 3.20. The number of aryl methyl sites for hydroxylation is 2. The molecule has 1 aliphatic carbocycles. The third-order valence-corrected chi connectivity index (χ3v) is 3.54. The molecule has 17 heavy (non-hydrogen) atoms. The van der Waals surface area contributed by atoms with Crippen LogP contribution < -0.4 is 5.32 Å². The largest absolute Gasteiger partial charge is 0.396 e. The third-order valence-electron chi connectivity index (χ3n) is 3.54. The Morgan fingerprint density at radius 1 is 1.41 bits per heavy atom. The van der Waals surface area contributed by atoms with Crippen LogP contribution in [-0.4, -0.2) is 24.2 Å². The van der Waals surface area contributed by atoms with Gasteiger partial charge >= 0.3 is 0 Å². The van der Waals surface area contributed by atoms with Gasteiger partial charge < -0.3 is 10.4 Å². The van der Waals surface area contributed by atoms with E-state index in [1.807, 2.05) is 32.0 Å². The summed E-state index contributed by atoms with van der Waals surface area (Å²) in [6.07, 6.45) is 2.02. The molecule has 0 atom stereocenters. The molecule has 1 aliphatic rings. The fourth-order valence-electron chi connectivity index (χ4n) is 2.00. The monoisotopic (exact) mass is 233 g/mol. The Hall–Kier alpha value is -1.35. The molecule has 0 heterocycles. The highest BCUT2D eigenvalue weighted by Gasteiger charge is 2.42. The van der Waals surface area contributed by atoms with Gasteiger partial charge in [-0.25, -0.2) is 0 Å². The molecule has 0 radical (unpaired) electrons. The van der Waals surface area contributed by atoms with Crippen molar-refractivity contribution < 1.29 is 9.90 Å². The number of nitrogens with one attached hydrogen (secondary N) is 1. The molecule has 3 nitrogen and oxygen atoms in total. The number of hydrogen-bond donors (Lipinski definition) is 2. The first-order valence-electron chi connectivity index (χ1n) is 6.03. The predicted molar refractivity (Wildman–Crippen MR) is 67.0 cm³/mol. The first-order valence-corrected chi connectivity index (χ1v) is 6.03. The van der Waals surface area contributed by atoms with Gasteiger partial charge in [-0.2, -0.15) is 0 Å². The van der Waals surface area contributed by atoms with Crippen LogP contribution in [0.2, 0.25) is 0 Å². The highest BCUT2D eigenvalue weighted by atomic mass is 16.3. The summed E-state index contributed by atoms with van der Waals surface area (Å²) in [5.41, 5.74) is 2.85. The average Bonchev–Trinajstić information content (AvgIpc) is 3.07. The number of amides is 1. The Morgan fingerprint density at radius 2 is 2.12 bits per heavy atom. The fraction of sp³-hybridized carbons (Fsp3) is 0.500. The highest BCUT2D eigenvalue weighted by Crippen LogP contribution is 2.44. The molecular formula is C14H19NO2. The number of carbonyl (C=O) groups excluding carboxylic acids is 1. The second-order valence-electron chi connectivity index (χ2n) is 5.16. The first-order chi connectivity index (χ1) is 8.06. The van der Waals surface area contributed by atoms with Gasteiger partial charge in [0.25, 0.3) is 5.91 Å². The third kappa shape index (κ3) is 2.67. The van der Waals surface area contributed by atoms with Gasteiger partial charge in [-0.1, -0.05) is 17.7 Å². The van der Waals surface area contributed by atoms with Crippen molar-refractivity contribution in [1.29, 1.82) is 0 Å². The summed E-state index contributed by atoms with van der Waals surface area (Å²) in [7, 11) is 0. The standard InChI is InChI=1S/C14H19NO2/c1-10-3-4-12(11(2)7-10)13(17)15-8-14(9-16)5-6-14/h3-4,7,16H,5-6,8-9H2,1-2H3,(H,15,17). The lowest BCUT2D eigenvalue weighted by Gasteiger charge is -2.13. The summed E-state index contributed by atoms with van der Waals surface area (Å²) in [6, 6.07) is 5.81. The van der Waals surface area contributed by atoms with Gasteiger partial charge in [0.2, 0.25) is 0 Å². The maximum Gasteiger partial charge on any atom is 0.251 e. The second-order valence-corrected chi connectivity index (χ2v) is 5.16. The Balaban J connectivity index is 2.00. The van der Waals surface area contributed by atoms with Gasteiger partial charge in [0.1, 0.15) is 0 Å². The first kappa shape index (κ1) is 12.1. The number of benzene rings is 1. The maximum absolute atomic E-state index is 12.0. The molecule has 1 aromatic carbocycles. The molecular weight excluding hydrogens is 214 g/mol. The Bertz CT molecular complexity index is 436. The SMILES string of the molecule is Cc1ccc(C(=O)NCC2(CO)CC2)c(C)c1. The van der Waals surface area contributed by atoms with E-state index in [4.69, 9.17) is 0 Å². The van der Waals surface area contributed by atoms with E-state index in [1.165, 1.54) is 0 Å². The lowest BCUT2D eigenvalue weighted by Crippen LogP contribution is -2.32. The van der Waals surface area contributed by atoms with Crippen molar-refractivity contribution in [2.75, 3.05) is 13.2 Å². The molecule has 3 heteroatoms. The molecule has 2 rings (SSSR count). The molecule has 92 valence electrons. The molecule has 0 unspecified atom stereocenters. The summed E-state index contributed by atoms with van der Waals surface area (Å²) in [4.78, 5) is 12.0. The average molecular weight is 233 g/mol. The van der Waals surface area contributed by atoms with E-state index in [0.29, 0.717) is 6.54 Å². The van der Waals surface area contributed by atoms with Crippen LogP contribution in [0.3, 0.4) is 0 Å². The van der Waals surface area contributed by atoms with Crippen LogP contribution in [0.4, 0.5) is 0 Å². The van der Waals surface area contributed by atoms with Crippen molar-refractivity contribution in [3.05, 3.63) is 34.9 Å². The van der Waals surface area contributed by atoms with Gasteiger partial charge in [0.05, 0.1) is 6.61 Å². The quantitative estimate of drug-likeness (QED) is 0.833. The summed E-state index contributed by atoms with van der Waals surface area (Å²) in [6.45, 7) is 4.70. The minimum absolute atomic E-state index is 0.0335. The van der Waals surface area contributed by atoms with Crippen molar-refractivity contribution in [3.63, 3.8) is 0 Å². The van der Waals surface area contributed by atoms with Crippen LogP contribution in [0, 0.1) is 19.3 Å². The summed E-state index contributed by atoms with van der Waals surface area (Å²) in [5.74, 6) is -0.0396. The van der Waals surface area contributed by atoms with Crippen LogP contribution in [-0.2, 0) is 0 Å². The minimum atomic E-state index is -0.0396. The van der Waals surface area contributed by atoms with Crippen LogP contribution in [0.5, 0.6) is 0 Å². The number of carbonyl (C=O) groups is 1. The van der Waals surface area contributed by atoms with Crippen LogP contribution in [0.25, 0.3) is 0 Å². The van der Waals surface area contributed by atoms with E-state index < -0.39 is 0 Å². The van der Waals surface area contributed by atoms with Crippen molar-refractivity contribution in [1.82, 2.24) is 5.32 Å². The molecule has 2 N–H and O–H groups in total. The van der Waals surface area contributed by atoms with Crippen molar-refractivity contribution in [2.24, 2.45) is 5.41 Å². The van der Waals surface area contributed by atoms with E-state index in [0.717, 1.165) is 29.5 Å². The van der Waals surface area contributed by atoms with E-state index >= 15 is 0 Å². The lowest BCUT2D eigenvalue weighted by molar-refractivity contribution is 0.0934. The minimum Gasteiger partial charge on any atom is -0.396 e.